The fraction of sp³-hybridized carbons (Fsp3) is 0.600. The first-order valence-electron chi connectivity index (χ1n) is 6.87. The van der Waals surface area contributed by atoms with E-state index in [0.717, 1.165) is 31.2 Å². The Morgan fingerprint density at radius 2 is 2.21 bits per heavy atom. The van der Waals surface area contributed by atoms with Gasteiger partial charge in [0.15, 0.2) is 0 Å². The highest BCUT2D eigenvalue weighted by atomic mass is 32.1. The molecule has 1 aromatic rings. The molecule has 0 spiro atoms. The van der Waals surface area contributed by atoms with Gasteiger partial charge in [0.1, 0.15) is 5.54 Å². The molecule has 1 fully saturated rings. The van der Waals surface area contributed by atoms with Crippen LogP contribution in [0.1, 0.15) is 54.9 Å². The SMILES string of the molecule is CCC1CCC(C#N)(NC(=O)c2cscc2C)CC1. The topological polar surface area (TPSA) is 52.9 Å². The van der Waals surface area contributed by atoms with Gasteiger partial charge in [-0.05, 0) is 49.5 Å². The minimum atomic E-state index is -0.656. The summed E-state index contributed by atoms with van der Waals surface area (Å²) in [5.74, 6) is 0.608. The maximum absolute atomic E-state index is 12.3. The fourth-order valence-corrected chi connectivity index (χ4v) is 3.55. The van der Waals surface area contributed by atoms with Crippen molar-refractivity contribution in [1.29, 1.82) is 5.26 Å². The summed E-state index contributed by atoms with van der Waals surface area (Å²) >= 11 is 1.52. The summed E-state index contributed by atoms with van der Waals surface area (Å²) in [6.07, 6.45) is 4.78. The highest BCUT2D eigenvalue weighted by Gasteiger charge is 2.36. The minimum absolute atomic E-state index is 0.102. The Bertz CT molecular complexity index is 492. The van der Waals surface area contributed by atoms with Gasteiger partial charge in [-0.1, -0.05) is 13.3 Å². The van der Waals surface area contributed by atoms with Gasteiger partial charge in [-0.25, -0.2) is 0 Å². The molecule has 0 unspecified atom stereocenters. The van der Waals surface area contributed by atoms with Crippen LogP contribution in [-0.2, 0) is 0 Å². The summed E-state index contributed by atoms with van der Waals surface area (Å²) < 4.78 is 0. The smallest absolute Gasteiger partial charge is 0.253 e. The van der Waals surface area contributed by atoms with E-state index in [1.807, 2.05) is 17.7 Å². The Hall–Kier alpha value is -1.34. The lowest BCUT2D eigenvalue weighted by molar-refractivity contribution is 0.0891. The number of hydrogen-bond acceptors (Lipinski definition) is 3. The lowest BCUT2D eigenvalue weighted by atomic mass is 9.76. The molecular weight excluding hydrogens is 256 g/mol. The van der Waals surface area contributed by atoms with Crippen LogP contribution in [0.5, 0.6) is 0 Å². The van der Waals surface area contributed by atoms with Crippen molar-refractivity contribution in [2.45, 2.75) is 51.5 Å². The van der Waals surface area contributed by atoms with E-state index in [0.29, 0.717) is 11.5 Å². The Kier molecular flexibility index (Phi) is 4.26. The fourth-order valence-electron chi connectivity index (χ4n) is 2.72. The number of nitrogens with one attached hydrogen (secondary N) is 1. The van der Waals surface area contributed by atoms with Gasteiger partial charge in [-0.15, -0.1) is 0 Å². The van der Waals surface area contributed by atoms with Crippen LogP contribution in [0.4, 0.5) is 0 Å². The van der Waals surface area contributed by atoms with Crippen LogP contribution in [0, 0.1) is 24.2 Å². The van der Waals surface area contributed by atoms with Crippen molar-refractivity contribution in [2.75, 3.05) is 0 Å². The maximum atomic E-state index is 12.3. The van der Waals surface area contributed by atoms with Crippen LogP contribution < -0.4 is 5.32 Å². The van der Waals surface area contributed by atoms with Crippen LogP contribution in [0.15, 0.2) is 10.8 Å². The van der Waals surface area contributed by atoms with E-state index in [4.69, 9.17) is 0 Å². The average Bonchev–Trinajstić information content (AvgIpc) is 2.86. The molecule has 19 heavy (non-hydrogen) atoms. The zero-order valence-corrected chi connectivity index (χ0v) is 12.3. The van der Waals surface area contributed by atoms with Crippen LogP contribution in [0.2, 0.25) is 0 Å². The summed E-state index contributed by atoms with van der Waals surface area (Å²) in [6.45, 7) is 4.12. The zero-order valence-electron chi connectivity index (χ0n) is 11.5. The highest BCUT2D eigenvalue weighted by molar-refractivity contribution is 7.08. The van der Waals surface area contributed by atoms with Crippen molar-refractivity contribution >= 4 is 17.2 Å². The quantitative estimate of drug-likeness (QED) is 0.916. The predicted molar refractivity (Wildman–Crippen MR) is 77.1 cm³/mol. The number of thiophene rings is 1. The molecule has 0 saturated heterocycles. The second kappa shape index (κ2) is 5.75. The molecule has 0 aromatic carbocycles. The first-order valence-corrected chi connectivity index (χ1v) is 7.81. The van der Waals surface area contributed by atoms with E-state index in [-0.39, 0.29) is 5.91 Å². The molecule has 0 aliphatic heterocycles. The van der Waals surface area contributed by atoms with Gasteiger partial charge in [0.2, 0.25) is 0 Å². The monoisotopic (exact) mass is 276 g/mol. The number of hydrogen-bond donors (Lipinski definition) is 1. The van der Waals surface area contributed by atoms with Crippen LogP contribution in [0.25, 0.3) is 0 Å². The summed E-state index contributed by atoms with van der Waals surface area (Å²) in [4.78, 5) is 12.3. The lowest BCUT2D eigenvalue weighted by Gasteiger charge is -2.35. The van der Waals surface area contributed by atoms with Crippen molar-refractivity contribution in [1.82, 2.24) is 5.32 Å². The largest absolute Gasteiger partial charge is 0.334 e. The van der Waals surface area contributed by atoms with E-state index in [2.05, 4.69) is 18.3 Å². The highest BCUT2D eigenvalue weighted by Crippen LogP contribution is 2.33. The van der Waals surface area contributed by atoms with Crippen molar-refractivity contribution in [2.24, 2.45) is 5.92 Å². The van der Waals surface area contributed by atoms with E-state index < -0.39 is 5.54 Å². The Labute approximate surface area is 118 Å². The van der Waals surface area contributed by atoms with Gasteiger partial charge in [0, 0.05) is 5.38 Å². The molecule has 3 nitrogen and oxygen atoms in total. The number of carbonyl (C=O) groups is 1. The summed E-state index contributed by atoms with van der Waals surface area (Å²) in [7, 11) is 0. The molecule has 2 rings (SSSR count). The van der Waals surface area contributed by atoms with Crippen molar-refractivity contribution in [3.05, 3.63) is 21.9 Å². The van der Waals surface area contributed by atoms with Gasteiger partial charge >= 0.3 is 0 Å². The third kappa shape index (κ3) is 2.98. The number of nitrogens with zero attached hydrogens (tertiary/aromatic N) is 1. The van der Waals surface area contributed by atoms with Gasteiger partial charge in [0.25, 0.3) is 5.91 Å². The third-order valence-electron chi connectivity index (χ3n) is 4.20. The zero-order chi connectivity index (χ0) is 13.9. The van der Waals surface area contributed by atoms with E-state index in [1.165, 1.54) is 17.8 Å². The standard InChI is InChI=1S/C15H20N2OS/c1-3-12-4-6-15(10-16,7-5-12)17-14(18)13-9-19-8-11(13)2/h8-9,12H,3-7H2,1-2H3,(H,17,18). The summed E-state index contributed by atoms with van der Waals surface area (Å²) in [5.41, 5.74) is 1.03. The number of amides is 1. The normalized spacial score (nSPS) is 26.7. The molecule has 0 radical (unpaired) electrons. The van der Waals surface area contributed by atoms with Crippen LogP contribution in [-0.4, -0.2) is 11.4 Å². The molecular formula is C15H20N2OS. The Morgan fingerprint density at radius 1 is 1.53 bits per heavy atom. The number of carbonyl (C=O) groups excluding carboxylic acids is 1. The summed E-state index contributed by atoms with van der Waals surface area (Å²) in [5, 5.41) is 16.2. The van der Waals surface area contributed by atoms with Crippen molar-refractivity contribution in [3.8, 4) is 6.07 Å². The molecule has 1 saturated carbocycles. The predicted octanol–water partition coefficient (Wildman–Crippen LogP) is 3.65. The van der Waals surface area contributed by atoms with Crippen LogP contribution in [0.3, 0.4) is 0 Å². The molecule has 4 heteroatoms. The lowest BCUT2D eigenvalue weighted by Crippen LogP contribution is -2.49. The molecule has 1 amide bonds. The van der Waals surface area contributed by atoms with Gasteiger partial charge in [0.05, 0.1) is 11.6 Å². The Morgan fingerprint density at radius 3 is 2.68 bits per heavy atom. The van der Waals surface area contributed by atoms with Gasteiger partial charge < -0.3 is 5.32 Å². The van der Waals surface area contributed by atoms with E-state index >= 15 is 0 Å². The Balaban J connectivity index is 2.06. The second-order valence-electron chi connectivity index (χ2n) is 5.47. The first kappa shape index (κ1) is 14.1. The minimum Gasteiger partial charge on any atom is -0.334 e. The van der Waals surface area contributed by atoms with Crippen LogP contribution >= 0.6 is 11.3 Å². The first-order chi connectivity index (χ1) is 9.10. The van der Waals surface area contributed by atoms with E-state index in [9.17, 15) is 10.1 Å². The van der Waals surface area contributed by atoms with Crippen molar-refractivity contribution in [3.63, 3.8) is 0 Å². The average molecular weight is 276 g/mol. The molecule has 102 valence electrons. The number of aryl methyl sites for hydroxylation is 1. The molecule has 1 heterocycles. The number of rotatable bonds is 3. The van der Waals surface area contributed by atoms with Gasteiger partial charge in [-0.3, -0.25) is 4.79 Å². The molecule has 1 N–H and O–H groups in total. The number of nitriles is 1. The van der Waals surface area contributed by atoms with E-state index in [1.54, 1.807) is 0 Å². The van der Waals surface area contributed by atoms with Gasteiger partial charge in [-0.2, -0.15) is 16.6 Å². The molecule has 0 atom stereocenters. The molecule has 1 aromatic heterocycles. The maximum Gasteiger partial charge on any atom is 0.253 e. The molecule has 1 aliphatic rings. The van der Waals surface area contributed by atoms with Crippen molar-refractivity contribution < 1.29 is 4.79 Å². The summed E-state index contributed by atoms with van der Waals surface area (Å²) in [6, 6.07) is 2.35. The third-order valence-corrected chi connectivity index (χ3v) is 5.06. The molecule has 0 bridgehead atoms. The molecule has 1 aliphatic carbocycles. The second-order valence-corrected chi connectivity index (χ2v) is 6.21.